The molecule has 0 radical (unpaired) electrons. The summed E-state index contributed by atoms with van der Waals surface area (Å²) < 4.78 is 5.19. The summed E-state index contributed by atoms with van der Waals surface area (Å²) in [6.07, 6.45) is 1.33. The van der Waals surface area contributed by atoms with Gasteiger partial charge in [-0.1, -0.05) is 29.3 Å². The summed E-state index contributed by atoms with van der Waals surface area (Å²) in [4.78, 5) is 21.6. The van der Waals surface area contributed by atoms with Gasteiger partial charge in [-0.3, -0.25) is 14.9 Å². The number of hydrazone groups is 1. The molecule has 0 unspecified atom stereocenters. The smallest absolute Gasteiger partial charge is 0.277 e. The molecule has 0 atom stereocenters. The Hall–Kier alpha value is -2.64. The molecule has 1 amide bonds. The van der Waals surface area contributed by atoms with Crippen LogP contribution in [-0.2, 0) is 4.79 Å². The van der Waals surface area contributed by atoms with Gasteiger partial charge in [-0.2, -0.15) is 5.10 Å². The van der Waals surface area contributed by atoms with Crippen LogP contribution in [0.2, 0.25) is 10.0 Å². The minimum atomic E-state index is -0.523. The molecule has 0 aromatic heterocycles. The fraction of sp³-hybridized carbons (Fsp3) is 0.0667. The zero-order valence-corrected chi connectivity index (χ0v) is 13.6. The zero-order valence-electron chi connectivity index (χ0n) is 12.1. The summed E-state index contributed by atoms with van der Waals surface area (Å²) in [6.45, 7) is -0.300. The minimum Gasteiger partial charge on any atom is -0.484 e. The van der Waals surface area contributed by atoms with Gasteiger partial charge in [0.15, 0.2) is 6.61 Å². The van der Waals surface area contributed by atoms with Crippen molar-refractivity contribution in [2.45, 2.75) is 0 Å². The van der Waals surface area contributed by atoms with Crippen molar-refractivity contribution in [3.63, 3.8) is 0 Å². The maximum Gasteiger partial charge on any atom is 0.277 e. The lowest BCUT2D eigenvalue weighted by atomic mass is 10.2. The number of nitrogens with zero attached hydrogens (tertiary/aromatic N) is 2. The van der Waals surface area contributed by atoms with Crippen LogP contribution in [0.15, 0.2) is 47.6 Å². The van der Waals surface area contributed by atoms with Crippen LogP contribution in [0, 0.1) is 10.1 Å². The number of carbonyl (C=O) groups excluding carboxylic acids is 1. The van der Waals surface area contributed by atoms with Crippen molar-refractivity contribution in [3.8, 4) is 5.75 Å². The van der Waals surface area contributed by atoms with Gasteiger partial charge in [-0.05, 0) is 24.3 Å². The molecular formula is C15H11Cl2N3O4. The molecule has 0 saturated heterocycles. The van der Waals surface area contributed by atoms with Gasteiger partial charge < -0.3 is 4.74 Å². The van der Waals surface area contributed by atoms with E-state index >= 15 is 0 Å². The SMILES string of the molecule is O=C(COc1ccc([N+](=O)[O-])cc1)N/N=C/c1c(Cl)cccc1Cl. The maximum absolute atomic E-state index is 11.6. The fourth-order valence-corrected chi connectivity index (χ4v) is 2.14. The first-order chi connectivity index (χ1) is 11.5. The number of nitro benzene ring substituents is 1. The Bertz CT molecular complexity index is 759. The van der Waals surface area contributed by atoms with E-state index in [1.54, 1.807) is 18.2 Å². The summed E-state index contributed by atoms with van der Waals surface area (Å²) in [5.41, 5.74) is 2.69. The Morgan fingerprint density at radius 1 is 1.21 bits per heavy atom. The van der Waals surface area contributed by atoms with E-state index in [0.29, 0.717) is 21.4 Å². The molecule has 7 nitrogen and oxygen atoms in total. The number of carbonyl (C=O) groups is 1. The summed E-state index contributed by atoms with van der Waals surface area (Å²) in [5.74, 6) is -0.179. The Labute approximate surface area is 147 Å². The Morgan fingerprint density at radius 2 is 1.83 bits per heavy atom. The fourth-order valence-electron chi connectivity index (χ4n) is 1.65. The topological polar surface area (TPSA) is 93.8 Å². The number of ether oxygens (including phenoxy) is 1. The van der Waals surface area contributed by atoms with E-state index in [1.165, 1.54) is 30.5 Å². The summed E-state index contributed by atoms with van der Waals surface area (Å²) in [5, 5.41) is 15.1. The van der Waals surface area contributed by atoms with E-state index in [9.17, 15) is 14.9 Å². The van der Waals surface area contributed by atoms with Crippen LogP contribution in [0.1, 0.15) is 5.56 Å². The third-order valence-electron chi connectivity index (χ3n) is 2.80. The average molecular weight is 368 g/mol. The second kappa shape index (κ2) is 8.28. The van der Waals surface area contributed by atoms with Gasteiger partial charge in [0, 0.05) is 17.7 Å². The van der Waals surface area contributed by atoms with E-state index < -0.39 is 10.8 Å². The Balaban J connectivity index is 1.85. The van der Waals surface area contributed by atoms with Gasteiger partial charge in [0.2, 0.25) is 0 Å². The van der Waals surface area contributed by atoms with Crippen molar-refractivity contribution in [3.05, 3.63) is 68.2 Å². The molecule has 0 aliphatic heterocycles. The van der Waals surface area contributed by atoms with Gasteiger partial charge in [0.25, 0.3) is 11.6 Å². The average Bonchev–Trinajstić information content (AvgIpc) is 2.56. The zero-order chi connectivity index (χ0) is 17.5. The van der Waals surface area contributed by atoms with Crippen LogP contribution in [0.5, 0.6) is 5.75 Å². The quantitative estimate of drug-likeness (QED) is 0.480. The molecule has 1 N–H and O–H groups in total. The number of nitrogens with one attached hydrogen (secondary N) is 1. The molecule has 2 rings (SSSR count). The van der Waals surface area contributed by atoms with Crippen molar-refractivity contribution in [1.82, 2.24) is 5.43 Å². The summed E-state index contributed by atoms with van der Waals surface area (Å²) in [7, 11) is 0. The van der Waals surface area contributed by atoms with Gasteiger partial charge in [0.05, 0.1) is 21.2 Å². The number of non-ortho nitro benzene ring substituents is 1. The number of halogens is 2. The molecule has 0 heterocycles. The van der Waals surface area contributed by atoms with Gasteiger partial charge in [0.1, 0.15) is 5.75 Å². The summed E-state index contributed by atoms with van der Waals surface area (Å²) in [6, 6.07) is 10.4. The van der Waals surface area contributed by atoms with Crippen LogP contribution in [0.3, 0.4) is 0 Å². The summed E-state index contributed by atoms with van der Waals surface area (Å²) >= 11 is 11.9. The number of hydrogen-bond donors (Lipinski definition) is 1. The highest BCUT2D eigenvalue weighted by atomic mass is 35.5. The molecule has 124 valence electrons. The monoisotopic (exact) mass is 367 g/mol. The standard InChI is InChI=1S/C15H11Cl2N3O4/c16-13-2-1-3-14(17)12(13)8-18-19-15(21)9-24-11-6-4-10(5-7-11)20(22)23/h1-8H,9H2,(H,19,21)/b18-8+. The normalized spacial score (nSPS) is 10.6. The van der Waals surface area contributed by atoms with E-state index in [0.717, 1.165) is 0 Å². The predicted octanol–water partition coefficient (Wildman–Crippen LogP) is 3.43. The third kappa shape index (κ3) is 4.94. The van der Waals surface area contributed by atoms with Gasteiger partial charge in [-0.15, -0.1) is 0 Å². The second-order valence-electron chi connectivity index (χ2n) is 4.47. The lowest BCUT2D eigenvalue weighted by Gasteiger charge is -2.05. The first kappa shape index (κ1) is 17.7. The first-order valence-electron chi connectivity index (χ1n) is 6.60. The van der Waals surface area contributed by atoms with Crippen LogP contribution in [0.25, 0.3) is 0 Å². The molecule has 9 heteroatoms. The molecule has 0 spiro atoms. The first-order valence-corrected chi connectivity index (χ1v) is 7.36. The van der Waals surface area contributed by atoms with Crippen molar-refractivity contribution < 1.29 is 14.5 Å². The van der Waals surface area contributed by atoms with Crippen molar-refractivity contribution >= 4 is 41.0 Å². The van der Waals surface area contributed by atoms with Crippen LogP contribution >= 0.6 is 23.2 Å². The van der Waals surface area contributed by atoms with E-state index in [2.05, 4.69) is 10.5 Å². The van der Waals surface area contributed by atoms with E-state index in [4.69, 9.17) is 27.9 Å². The molecule has 0 bridgehead atoms. The largest absolute Gasteiger partial charge is 0.484 e. The second-order valence-corrected chi connectivity index (χ2v) is 5.28. The molecule has 0 saturated carbocycles. The van der Waals surface area contributed by atoms with E-state index in [-0.39, 0.29) is 12.3 Å². The number of benzene rings is 2. The minimum absolute atomic E-state index is 0.0620. The van der Waals surface area contributed by atoms with Crippen molar-refractivity contribution in [2.75, 3.05) is 6.61 Å². The Kier molecular flexibility index (Phi) is 6.11. The van der Waals surface area contributed by atoms with E-state index in [1.807, 2.05) is 0 Å². The molecular weight excluding hydrogens is 357 g/mol. The highest BCUT2D eigenvalue weighted by Gasteiger charge is 2.06. The molecule has 2 aromatic carbocycles. The van der Waals surface area contributed by atoms with Crippen molar-refractivity contribution in [2.24, 2.45) is 5.10 Å². The molecule has 0 fully saturated rings. The highest BCUT2D eigenvalue weighted by Crippen LogP contribution is 2.22. The third-order valence-corrected chi connectivity index (χ3v) is 3.46. The highest BCUT2D eigenvalue weighted by molar-refractivity contribution is 6.38. The van der Waals surface area contributed by atoms with Crippen LogP contribution in [0.4, 0.5) is 5.69 Å². The Morgan fingerprint density at radius 3 is 2.42 bits per heavy atom. The number of amides is 1. The van der Waals surface area contributed by atoms with Crippen molar-refractivity contribution in [1.29, 1.82) is 0 Å². The predicted molar refractivity (Wildman–Crippen MR) is 90.8 cm³/mol. The van der Waals surface area contributed by atoms with Gasteiger partial charge >= 0.3 is 0 Å². The lowest BCUT2D eigenvalue weighted by Crippen LogP contribution is -2.24. The molecule has 0 aliphatic rings. The van der Waals surface area contributed by atoms with Gasteiger partial charge in [-0.25, -0.2) is 5.43 Å². The number of nitro groups is 1. The lowest BCUT2D eigenvalue weighted by molar-refractivity contribution is -0.384. The molecule has 24 heavy (non-hydrogen) atoms. The van der Waals surface area contributed by atoms with Crippen LogP contribution < -0.4 is 10.2 Å². The molecule has 2 aromatic rings. The molecule has 0 aliphatic carbocycles. The number of hydrogen-bond acceptors (Lipinski definition) is 5. The van der Waals surface area contributed by atoms with Crippen LogP contribution in [-0.4, -0.2) is 23.7 Å². The number of rotatable bonds is 6. The maximum atomic E-state index is 11.6.